The molecule has 0 radical (unpaired) electrons. The van der Waals surface area contributed by atoms with Gasteiger partial charge >= 0.3 is 6.09 Å². The number of carbonyl (C=O) groups is 2. The van der Waals surface area contributed by atoms with Crippen LogP contribution in [0.1, 0.15) is 32.0 Å². The number of anilines is 1. The first-order valence-electron chi connectivity index (χ1n) is 9.46. The second-order valence-corrected chi connectivity index (χ2v) is 10.4. The summed E-state index contributed by atoms with van der Waals surface area (Å²) < 4.78 is 23.4. The molecule has 2 amide bonds. The van der Waals surface area contributed by atoms with Crippen molar-refractivity contribution in [1.82, 2.24) is 9.88 Å². The summed E-state index contributed by atoms with van der Waals surface area (Å²) in [6.07, 6.45) is 1.78. The molecule has 1 aromatic carbocycles. The minimum Gasteiger partial charge on any atom is -0.465 e. The lowest BCUT2D eigenvalue weighted by atomic mass is 9.95. The zero-order valence-electron chi connectivity index (χ0n) is 17.4. The van der Waals surface area contributed by atoms with E-state index in [4.69, 9.17) is 0 Å². The molecule has 0 fully saturated rings. The summed E-state index contributed by atoms with van der Waals surface area (Å²) in [7, 11) is -3.32. The molecule has 2 heterocycles. The van der Waals surface area contributed by atoms with Crippen LogP contribution in [0.15, 0.2) is 47.5 Å². The van der Waals surface area contributed by atoms with Crippen LogP contribution in [0.5, 0.6) is 0 Å². The van der Waals surface area contributed by atoms with E-state index in [9.17, 15) is 23.1 Å². The Morgan fingerprint density at radius 1 is 1.23 bits per heavy atom. The maximum Gasteiger partial charge on any atom is 0.408 e. The first kappa shape index (κ1) is 21.8. The van der Waals surface area contributed by atoms with Crippen molar-refractivity contribution in [1.29, 1.82) is 0 Å². The molecule has 8 nitrogen and oxygen atoms in total. The number of carboxylic acid groups (broad SMARTS) is 1. The third-order valence-electron chi connectivity index (χ3n) is 5.03. The predicted octanol–water partition coefficient (Wildman–Crippen LogP) is 2.72. The van der Waals surface area contributed by atoms with Crippen molar-refractivity contribution in [3.05, 3.63) is 53.9 Å². The highest BCUT2D eigenvalue weighted by atomic mass is 32.2. The first-order chi connectivity index (χ1) is 13.9. The van der Waals surface area contributed by atoms with Gasteiger partial charge in [-0.05, 0) is 50.6 Å². The average molecular weight is 432 g/mol. The fourth-order valence-electron chi connectivity index (χ4n) is 3.68. The summed E-state index contributed by atoms with van der Waals surface area (Å²) in [4.78, 5) is 32.6. The Kier molecular flexibility index (Phi) is 5.60. The van der Waals surface area contributed by atoms with E-state index in [-0.39, 0.29) is 23.8 Å². The number of carbonyl (C=O) groups excluding carboxylic acids is 1. The number of amides is 2. The van der Waals surface area contributed by atoms with Crippen LogP contribution in [-0.2, 0) is 27.6 Å². The van der Waals surface area contributed by atoms with Crippen LogP contribution in [0.2, 0.25) is 0 Å². The molecule has 1 aliphatic heterocycles. The third kappa shape index (κ3) is 4.30. The summed E-state index contributed by atoms with van der Waals surface area (Å²) in [5, 5.41) is 9.79. The van der Waals surface area contributed by atoms with Gasteiger partial charge in [-0.1, -0.05) is 12.1 Å². The summed E-state index contributed by atoms with van der Waals surface area (Å²) in [5.74, 6) is -0.333. The van der Waals surface area contributed by atoms with Crippen molar-refractivity contribution >= 4 is 27.5 Å². The van der Waals surface area contributed by atoms with Gasteiger partial charge in [0.2, 0.25) is 0 Å². The van der Waals surface area contributed by atoms with Crippen molar-refractivity contribution in [3.8, 4) is 0 Å². The average Bonchev–Trinajstić information content (AvgIpc) is 2.63. The van der Waals surface area contributed by atoms with E-state index in [2.05, 4.69) is 4.98 Å². The topological polar surface area (TPSA) is 108 Å². The lowest BCUT2D eigenvalue weighted by molar-refractivity contribution is -0.125. The van der Waals surface area contributed by atoms with Crippen molar-refractivity contribution in [2.24, 2.45) is 0 Å². The van der Waals surface area contributed by atoms with Gasteiger partial charge in [0, 0.05) is 24.4 Å². The van der Waals surface area contributed by atoms with Crippen molar-refractivity contribution < 1.29 is 23.1 Å². The van der Waals surface area contributed by atoms with Gasteiger partial charge in [-0.15, -0.1) is 0 Å². The molecule has 1 unspecified atom stereocenters. The number of nitrogens with zero attached hydrogens (tertiary/aromatic N) is 3. The zero-order chi connectivity index (χ0) is 22.3. The van der Waals surface area contributed by atoms with Gasteiger partial charge in [-0.25, -0.2) is 13.2 Å². The lowest BCUT2D eigenvalue weighted by Crippen LogP contribution is -2.60. The fraction of sp³-hybridized carbons (Fsp3) is 0.381. The smallest absolute Gasteiger partial charge is 0.408 e. The Morgan fingerprint density at radius 2 is 1.87 bits per heavy atom. The third-order valence-corrected chi connectivity index (χ3v) is 6.16. The number of sulfone groups is 1. The standard InChI is InChI=1S/C21H25N3O5S/c1-21(2,3)24(20(26)27)18-12-16-17(6-5-11-22-16)23(19(18)25)13-14-7-9-15(10-8-14)30(4,28)29/h5-11,18H,12-13H2,1-4H3,(H,26,27). The van der Waals surface area contributed by atoms with Crippen LogP contribution in [0, 0.1) is 0 Å². The SMILES string of the molecule is CC(C)(C)N(C(=O)O)C1Cc2ncccc2N(Cc2ccc(S(C)(=O)=O)cc2)C1=O. The number of fused-ring (bicyclic) bond motifs is 1. The summed E-state index contributed by atoms with van der Waals surface area (Å²) in [5.41, 5.74) is 1.22. The first-order valence-corrected chi connectivity index (χ1v) is 11.4. The molecule has 0 aliphatic carbocycles. The van der Waals surface area contributed by atoms with E-state index in [1.165, 1.54) is 21.9 Å². The van der Waals surface area contributed by atoms with Gasteiger partial charge in [0.05, 0.1) is 22.8 Å². The van der Waals surface area contributed by atoms with E-state index in [1.54, 1.807) is 51.2 Å². The molecular weight excluding hydrogens is 406 g/mol. The van der Waals surface area contributed by atoms with E-state index >= 15 is 0 Å². The summed E-state index contributed by atoms with van der Waals surface area (Å²) in [6.45, 7) is 5.42. The molecule has 1 aliphatic rings. The summed E-state index contributed by atoms with van der Waals surface area (Å²) >= 11 is 0. The van der Waals surface area contributed by atoms with Crippen molar-refractivity contribution in [2.45, 2.75) is 50.2 Å². The highest BCUT2D eigenvalue weighted by molar-refractivity contribution is 7.90. The van der Waals surface area contributed by atoms with E-state index in [1.807, 2.05) is 0 Å². The van der Waals surface area contributed by atoms with Crippen LogP contribution < -0.4 is 4.90 Å². The monoisotopic (exact) mass is 431 g/mol. The minimum absolute atomic E-state index is 0.176. The van der Waals surface area contributed by atoms with Gasteiger partial charge in [0.15, 0.2) is 9.84 Å². The molecule has 30 heavy (non-hydrogen) atoms. The number of rotatable bonds is 4. The Balaban J connectivity index is 2.00. The van der Waals surface area contributed by atoms with Crippen LogP contribution in [0.25, 0.3) is 0 Å². The van der Waals surface area contributed by atoms with Gasteiger partial charge in [-0.2, -0.15) is 0 Å². The lowest BCUT2D eigenvalue weighted by Gasteiger charge is -2.43. The largest absolute Gasteiger partial charge is 0.465 e. The van der Waals surface area contributed by atoms with Crippen LogP contribution in [-0.4, -0.2) is 53.2 Å². The van der Waals surface area contributed by atoms with Crippen LogP contribution in [0.3, 0.4) is 0 Å². The second-order valence-electron chi connectivity index (χ2n) is 8.35. The molecule has 2 aromatic rings. The molecular formula is C21H25N3O5S. The normalized spacial score (nSPS) is 16.9. The Hall–Kier alpha value is -2.94. The van der Waals surface area contributed by atoms with Crippen LogP contribution in [0.4, 0.5) is 10.5 Å². The maximum atomic E-state index is 13.4. The predicted molar refractivity (Wildman–Crippen MR) is 112 cm³/mol. The molecule has 0 bridgehead atoms. The van der Waals surface area contributed by atoms with Gasteiger partial charge in [-0.3, -0.25) is 14.7 Å². The molecule has 3 rings (SSSR count). The Bertz CT molecular complexity index is 1070. The number of hydrogen-bond donors (Lipinski definition) is 1. The Labute approximate surface area is 176 Å². The van der Waals surface area contributed by atoms with Crippen LogP contribution >= 0.6 is 0 Å². The molecule has 1 N–H and O–H groups in total. The van der Waals surface area contributed by atoms with Gasteiger partial charge in [0.25, 0.3) is 5.91 Å². The van der Waals surface area contributed by atoms with E-state index < -0.39 is 27.5 Å². The highest BCUT2D eigenvalue weighted by Gasteiger charge is 2.43. The number of hydrogen-bond acceptors (Lipinski definition) is 5. The molecule has 1 atom stereocenters. The molecule has 0 saturated heterocycles. The summed E-state index contributed by atoms with van der Waals surface area (Å²) in [6, 6.07) is 8.91. The molecule has 9 heteroatoms. The molecule has 1 aromatic heterocycles. The zero-order valence-corrected chi connectivity index (χ0v) is 18.2. The maximum absolute atomic E-state index is 13.4. The quantitative estimate of drug-likeness (QED) is 0.797. The number of pyridine rings is 1. The molecule has 0 spiro atoms. The fourth-order valence-corrected chi connectivity index (χ4v) is 4.31. The number of aromatic nitrogens is 1. The minimum atomic E-state index is -3.32. The van der Waals surface area contributed by atoms with Crippen molar-refractivity contribution in [3.63, 3.8) is 0 Å². The second kappa shape index (κ2) is 7.71. The molecule has 160 valence electrons. The van der Waals surface area contributed by atoms with E-state index in [0.717, 1.165) is 11.8 Å². The highest BCUT2D eigenvalue weighted by Crippen LogP contribution is 2.32. The van der Waals surface area contributed by atoms with Gasteiger partial charge in [0.1, 0.15) is 6.04 Å². The Morgan fingerprint density at radius 3 is 2.40 bits per heavy atom. The molecule has 0 saturated carbocycles. The van der Waals surface area contributed by atoms with E-state index in [0.29, 0.717) is 11.4 Å². The van der Waals surface area contributed by atoms with Gasteiger partial charge < -0.3 is 10.0 Å². The van der Waals surface area contributed by atoms with Crippen molar-refractivity contribution in [2.75, 3.05) is 11.2 Å². The number of benzene rings is 1.